The summed E-state index contributed by atoms with van der Waals surface area (Å²) in [6.07, 6.45) is 3.73. The molecule has 0 bridgehead atoms. The van der Waals surface area contributed by atoms with E-state index in [4.69, 9.17) is 4.74 Å². The largest absolute Gasteiger partial charge is 0.381 e. The standard InChI is InChI=1S/C22H30F2N2O2S/c1-14-17(18-11-19(18)26(2)13-15-5-9-28-10-6-15)12-20(29-14)21(27)25-16-3-7-22(23,24)8-4-16/h12,15-16,18-19H,2-11,13H2,1H3/p+1. The van der Waals surface area contributed by atoms with Crippen LogP contribution in [0.2, 0.25) is 0 Å². The van der Waals surface area contributed by atoms with Crippen molar-refractivity contribution in [3.8, 4) is 0 Å². The molecule has 3 fully saturated rings. The zero-order valence-electron chi connectivity index (χ0n) is 17.1. The van der Waals surface area contributed by atoms with E-state index in [9.17, 15) is 13.6 Å². The average molecular weight is 426 g/mol. The number of carbonyl (C=O) groups excluding carboxylic acids is 1. The van der Waals surface area contributed by atoms with Gasteiger partial charge in [0.2, 0.25) is 5.92 Å². The maximum absolute atomic E-state index is 13.3. The molecular weight excluding hydrogens is 394 g/mol. The van der Waals surface area contributed by atoms with Crippen LogP contribution in [0, 0.1) is 12.8 Å². The SMILES string of the molecule is C=[N+](CC1CCOCC1)C1CC1c1cc(C(=O)NC2CCC(F)(F)CC2)sc1C. The van der Waals surface area contributed by atoms with Gasteiger partial charge in [-0.3, -0.25) is 4.79 Å². The van der Waals surface area contributed by atoms with Crippen molar-refractivity contribution in [2.45, 2.75) is 75.8 Å². The molecule has 2 unspecified atom stereocenters. The average Bonchev–Trinajstić information content (AvgIpc) is 3.39. The summed E-state index contributed by atoms with van der Waals surface area (Å²) in [5.41, 5.74) is 1.25. The maximum atomic E-state index is 13.3. The lowest BCUT2D eigenvalue weighted by Gasteiger charge is -2.28. The number of hydrogen-bond donors (Lipinski definition) is 1. The van der Waals surface area contributed by atoms with Crippen molar-refractivity contribution in [3.05, 3.63) is 21.4 Å². The first-order chi connectivity index (χ1) is 13.8. The van der Waals surface area contributed by atoms with Gasteiger partial charge in [0.05, 0.1) is 10.8 Å². The van der Waals surface area contributed by atoms with E-state index < -0.39 is 5.92 Å². The minimum absolute atomic E-state index is 0.120. The molecule has 3 aliphatic rings. The van der Waals surface area contributed by atoms with Gasteiger partial charge in [-0.1, -0.05) is 0 Å². The van der Waals surface area contributed by atoms with Crippen molar-refractivity contribution in [1.29, 1.82) is 0 Å². The molecule has 2 aliphatic carbocycles. The molecule has 1 saturated heterocycles. The molecule has 2 atom stereocenters. The van der Waals surface area contributed by atoms with Gasteiger partial charge in [0.25, 0.3) is 5.91 Å². The molecule has 2 saturated carbocycles. The van der Waals surface area contributed by atoms with Gasteiger partial charge >= 0.3 is 0 Å². The number of thiophene rings is 1. The lowest BCUT2D eigenvalue weighted by molar-refractivity contribution is -0.543. The second kappa shape index (κ2) is 8.42. The topological polar surface area (TPSA) is 41.3 Å². The number of carbonyl (C=O) groups is 1. The molecule has 4 nitrogen and oxygen atoms in total. The molecule has 1 aromatic rings. The Morgan fingerprint density at radius 1 is 1.31 bits per heavy atom. The summed E-state index contributed by atoms with van der Waals surface area (Å²) in [5, 5.41) is 2.96. The number of alkyl halides is 2. The predicted molar refractivity (Wildman–Crippen MR) is 111 cm³/mol. The van der Waals surface area contributed by atoms with Crippen molar-refractivity contribution in [1.82, 2.24) is 5.32 Å². The molecule has 0 spiro atoms. The second-order valence-corrected chi connectivity index (χ2v) is 10.2. The molecule has 29 heavy (non-hydrogen) atoms. The molecule has 2 heterocycles. The zero-order chi connectivity index (χ0) is 20.6. The summed E-state index contributed by atoms with van der Waals surface area (Å²) in [7, 11) is 0. The normalized spacial score (nSPS) is 27.6. The van der Waals surface area contributed by atoms with Crippen molar-refractivity contribution in [3.63, 3.8) is 0 Å². The number of nitrogens with one attached hydrogen (secondary N) is 1. The molecule has 1 aliphatic heterocycles. The number of hydrogen-bond acceptors (Lipinski definition) is 3. The van der Waals surface area contributed by atoms with Crippen LogP contribution >= 0.6 is 11.3 Å². The van der Waals surface area contributed by atoms with Crippen LogP contribution in [0.3, 0.4) is 0 Å². The van der Waals surface area contributed by atoms with Gasteiger partial charge in [-0.2, -0.15) is 0 Å². The maximum Gasteiger partial charge on any atom is 0.261 e. The van der Waals surface area contributed by atoms with Crippen LogP contribution < -0.4 is 5.32 Å². The van der Waals surface area contributed by atoms with Crippen molar-refractivity contribution < 1.29 is 22.9 Å². The fraction of sp³-hybridized carbons (Fsp3) is 0.727. The fourth-order valence-electron chi connectivity index (χ4n) is 4.73. The highest BCUT2D eigenvalue weighted by Gasteiger charge is 2.48. The molecule has 0 aromatic carbocycles. The van der Waals surface area contributed by atoms with Gasteiger partial charge in [-0.05, 0) is 44.2 Å². The Labute approximate surface area is 175 Å². The van der Waals surface area contributed by atoms with Crippen LogP contribution in [0.15, 0.2) is 6.07 Å². The van der Waals surface area contributed by atoms with Gasteiger partial charge in [0.1, 0.15) is 13.3 Å². The monoisotopic (exact) mass is 425 g/mol. The molecular formula is C22H31F2N2O2S+. The fourth-order valence-corrected chi connectivity index (χ4v) is 5.73. The summed E-state index contributed by atoms with van der Waals surface area (Å²) in [6.45, 7) is 9.07. The molecule has 4 rings (SSSR count). The summed E-state index contributed by atoms with van der Waals surface area (Å²) in [5.74, 6) is -1.58. The summed E-state index contributed by atoms with van der Waals surface area (Å²) < 4.78 is 34.3. The first-order valence-electron chi connectivity index (χ1n) is 10.8. The second-order valence-electron chi connectivity index (χ2n) is 8.96. The van der Waals surface area contributed by atoms with Crippen molar-refractivity contribution >= 4 is 24.0 Å². The molecule has 160 valence electrons. The summed E-state index contributed by atoms with van der Waals surface area (Å²) in [6, 6.07) is 2.32. The lowest BCUT2D eigenvalue weighted by Crippen LogP contribution is -2.40. The van der Waals surface area contributed by atoms with E-state index in [0.717, 1.165) is 39.0 Å². The number of rotatable bonds is 6. The third-order valence-electron chi connectivity index (χ3n) is 6.69. The van der Waals surface area contributed by atoms with E-state index in [2.05, 4.69) is 23.5 Å². The van der Waals surface area contributed by atoms with Gasteiger partial charge in [0, 0.05) is 49.3 Å². The van der Waals surface area contributed by atoms with Gasteiger partial charge in [-0.15, -0.1) is 11.3 Å². The highest BCUT2D eigenvalue weighted by atomic mass is 32.1. The first-order valence-corrected chi connectivity index (χ1v) is 11.6. The number of halogens is 2. The number of aryl methyl sites for hydroxylation is 1. The summed E-state index contributed by atoms with van der Waals surface area (Å²) >= 11 is 1.51. The van der Waals surface area contributed by atoms with E-state index in [1.165, 1.54) is 21.8 Å². The van der Waals surface area contributed by atoms with Gasteiger partial charge in [0.15, 0.2) is 6.04 Å². The number of ether oxygens (including phenoxy) is 1. The smallest absolute Gasteiger partial charge is 0.261 e. The first kappa shape index (κ1) is 20.9. The quantitative estimate of drug-likeness (QED) is 0.544. The van der Waals surface area contributed by atoms with E-state index in [0.29, 0.717) is 35.6 Å². The Morgan fingerprint density at radius 3 is 2.69 bits per heavy atom. The van der Waals surface area contributed by atoms with E-state index in [1.54, 1.807) is 0 Å². The van der Waals surface area contributed by atoms with Crippen LogP contribution in [0.4, 0.5) is 8.78 Å². The zero-order valence-corrected chi connectivity index (χ0v) is 17.9. The minimum atomic E-state index is -2.57. The van der Waals surface area contributed by atoms with Crippen LogP contribution in [0.5, 0.6) is 0 Å². The van der Waals surface area contributed by atoms with E-state index in [1.807, 2.05) is 6.07 Å². The Kier molecular flexibility index (Phi) is 6.07. The number of amides is 1. The molecule has 7 heteroatoms. The van der Waals surface area contributed by atoms with Crippen LogP contribution in [-0.2, 0) is 4.74 Å². The molecule has 1 aromatic heterocycles. The lowest BCUT2D eigenvalue weighted by atomic mass is 9.92. The Hall–Kier alpha value is -1.34. The Morgan fingerprint density at radius 2 is 2.00 bits per heavy atom. The van der Waals surface area contributed by atoms with Gasteiger partial charge < -0.3 is 10.1 Å². The third kappa shape index (κ3) is 5.05. The Balaban J connectivity index is 1.31. The predicted octanol–water partition coefficient (Wildman–Crippen LogP) is 4.36. The molecule has 1 N–H and O–H groups in total. The number of nitrogens with zero attached hydrogens (tertiary/aromatic N) is 1. The van der Waals surface area contributed by atoms with Crippen LogP contribution in [0.1, 0.15) is 71.0 Å². The van der Waals surface area contributed by atoms with Crippen LogP contribution in [0.25, 0.3) is 0 Å². The highest BCUT2D eigenvalue weighted by molar-refractivity contribution is 7.14. The van der Waals surface area contributed by atoms with Crippen molar-refractivity contribution in [2.75, 3.05) is 19.8 Å². The van der Waals surface area contributed by atoms with Crippen LogP contribution in [-0.4, -0.2) is 55.0 Å². The summed E-state index contributed by atoms with van der Waals surface area (Å²) in [4.78, 5) is 14.5. The van der Waals surface area contributed by atoms with E-state index >= 15 is 0 Å². The molecule has 1 amide bonds. The van der Waals surface area contributed by atoms with Crippen molar-refractivity contribution in [2.24, 2.45) is 5.92 Å². The third-order valence-corrected chi connectivity index (χ3v) is 7.76. The minimum Gasteiger partial charge on any atom is -0.381 e. The Bertz CT molecular complexity index is 763. The van der Waals surface area contributed by atoms with E-state index in [-0.39, 0.29) is 24.8 Å². The molecule has 0 radical (unpaired) electrons. The van der Waals surface area contributed by atoms with Gasteiger partial charge in [-0.25, -0.2) is 13.4 Å². The highest BCUT2D eigenvalue weighted by Crippen LogP contribution is 2.46.